The first-order valence-corrected chi connectivity index (χ1v) is 6.89. The molecule has 1 saturated heterocycles. The molecule has 2 aromatic rings. The highest BCUT2D eigenvalue weighted by Crippen LogP contribution is 2.23. The van der Waals surface area contributed by atoms with Gasteiger partial charge in [-0.2, -0.15) is 0 Å². The maximum atomic E-state index is 5.61. The van der Waals surface area contributed by atoms with Crippen molar-refractivity contribution in [1.82, 2.24) is 10.2 Å². The van der Waals surface area contributed by atoms with Crippen LogP contribution < -0.4 is 10.2 Å². The predicted molar refractivity (Wildman–Crippen MR) is 75.0 cm³/mol. The van der Waals surface area contributed by atoms with Gasteiger partial charge in [0, 0.05) is 24.5 Å². The molecule has 6 heteroatoms. The molecule has 1 fully saturated rings. The second kappa shape index (κ2) is 5.48. The van der Waals surface area contributed by atoms with Gasteiger partial charge in [-0.1, -0.05) is 5.10 Å². The van der Waals surface area contributed by atoms with Crippen molar-refractivity contribution in [3.05, 3.63) is 30.2 Å². The molecule has 0 atom stereocenters. The molecule has 1 aromatic carbocycles. The summed E-state index contributed by atoms with van der Waals surface area (Å²) in [7, 11) is 0. The Morgan fingerprint density at radius 3 is 2.53 bits per heavy atom. The van der Waals surface area contributed by atoms with E-state index in [1.165, 1.54) is 18.5 Å². The zero-order valence-corrected chi connectivity index (χ0v) is 11.2. The van der Waals surface area contributed by atoms with E-state index in [0.717, 1.165) is 18.8 Å². The van der Waals surface area contributed by atoms with E-state index >= 15 is 0 Å². The quantitative estimate of drug-likeness (QED) is 0.871. The van der Waals surface area contributed by atoms with Crippen LogP contribution in [0.25, 0.3) is 0 Å². The van der Waals surface area contributed by atoms with Crippen molar-refractivity contribution in [2.45, 2.75) is 18.7 Å². The Morgan fingerprint density at radius 2 is 1.89 bits per heavy atom. The Bertz CT molecular complexity index is 534. The molecular weight excluding hydrogens is 264 g/mol. The monoisotopic (exact) mass is 278 g/mol. The van der Waals surface area contributed by atoms with Crippen LogP contribution >= 0.6 is 11.6 Å². The molecule has 1 aliphatic rings. The van der Waals surface area contributed by atoms with Crippen molar-refractivity contribution in [2.75, 3.05) is 23.3 Å². The van der Waals surface area contributed by atoms with Crippen molar-refractivity contribution in [1.29, 1.82) is 0 Å². The Morgan fingerprint density at radius 1 is 1.16 bits per heavy atom. The first kappa shape index (κ1) is 12.3. The summed E-state index contributed by atoms with van der Waals surface area (Å²) in [6.07, 6.45) is 2.56. The van der Waals surface area contributed by atoms with Gasteiger partial charge in [0.1, 0.15) is 5.88 Å². The molecule has 3 rings (SSSR count). The summed E-state index contributed by atoms with van der Waals surface area (Å²) < 4.78 is 5.29. The molecule has 0 unspecified atom stereocenters. The number of nitrogens with one attached hydrogen (secondary N) is 1. The van der Waals surface area contributed by atoms with Crippen LogP contribution in [-0.2, 0) is 5.88 Å². The number of alkyl halides is 1. The first-order valence-electron chi connectivity index (χ1n) is 6.35. The van der Waals surface area contributed by atoms with Crippen molar-refractivity contribution in [2.24, 2.45) is 0 Å². The van der Waals surface area contributed by atoms with Gasteiger partial charge in [0.05, 0.1) is 0 Å². The van der Waals surface area contributed by atoms with Crippen LogP contribution in [0.15, 0.2) is 28.7 Å². The van der Waals surface area contributed by atoms with Crippen LogP contribution in [0.3, 0.4) is 0 Å². The van der Waals surface area contributed by atoms with Gasteiger partial charge in [0.25, 0.3) is 0 Å². The van der Waals surface area contributed by atoms with Crippen LogP contribution in [0.1, 0.15) is 18.7 Å². The summed E-state index contributed by atoms with van der Waals surface area (Å²) in [5.41, 5.74) is 2.18. The fourth-order valence-electron chi connectivity index (χ4n) is 2.21. The van der Waals surface area contributed by atoms with Crippen molar-refractivity contribution in [3.8, 4) is 0 Å². The zero-order valence-electron chi connectivity index (χ0n) is 10.5. The highest BCUT2D eigenvalue weighted by molar-refractivity contribution is 6.16. The van der Waals surface area contributed by atoms with Crippen molar-refractivity contribution in [3.63, 3.8) is 0 Å². The Kier molecular flexibility index (Phi) is 3.55. The Balaban J connectivity index is 1.68. The maximum Gasteiger partial charge on any atom is 0.320 e. The van der Waals surface area contributed by atoms with Gasteiger partial charge in [0.15, 0.2) is 0 Å². The second-order valence-corrected chi connectivity index (χ2v) is 4.77. The molecule has 0 aliphatic carbocycles. The number of nitrogens with zero attached hydrogens (tertiary/aromatic N) is 3. The van der Waals surface area contributed by atoms with E-state index in [1.807, 2.05) is 12.1 Å². The van der Waals surface area contributed by atoms with Gasteiger partial charge in [-0.3, -0.25) is 0 Å². The van der Waals surface area contributed by atoms with Gasteiger partial charge >= 0.3 is 6.01 Å². The molecule has 1 N–H and O–H groups in total. The van der Waals surface area contributed by atoms with Crippen LogP contribution in [-0.4, -0.2) is 23.3 Å². The van der Waals surface area contributed by atoms with Gasteiger partial charge < -0.3 is 14.6 Å². The third kappa shape index (κ3) is 2.81. The lowest BCUT2D eigenvalue weighted by atomic mass is 10.2. The molecule has 19 heavy (non-hydrogen) atoms. The molecule has 0 spiro atoms. The van der Waals surface area contributed by atoms with E-state index < -0.39 is 0 Å². The van der Waals surface area contributed by atoms with E-state index in [2.05, 4.69) is 32.5 Å². The van der Waals surface area contributed by atoms with E-state index in [4.69, 9.17) is 16.0 Å². The highest BCUT2D eigenvalue weighted by atomic mass is 35.5. The molecule has 0 bridgehead atoms. The minimum atomic E-state index is 0.225. The van der Waals surface area contributed by atoms with Gasteiger partial charge in [-0.15, -0.1) is 16.7 Å². The summed E-state index contributed by atoms with van der Waals surface area (Å²) in [6, 6.07) is 8.60. The zero-order chi connectivity index (χ0) is 13.1. The summed E-state index contributed by atoms with van der Waals surface area (Å²) >= 11 is 5.61. The van der Waals surface area contributed by atoms with E-state index in [0.29, 0.717) is 11.9 Å². The standard InChI is InChI=1S/C13H15ClN4O/c14-9-12-16-17-13(19-12)15-10-3-5-11(6-4-10)18-7-1-2-8-18/h3-6H,1-2,7-9H2,(H,15,17). The molecule has 0 amide bonds. The lowest BCUT2D eigenvalue weighted by Crippen LogP contribution is -2.17. The molecular formula is C13H15ClN4O. The van der Waals surface area contributed by atoms with Crippen LogP contribution in [0.4, 0.5) is 17.4 Å². The molecule has 100 valence electrons. The third-order valence-corrected chi connectivity index (χ3v) is 3.40. The molecule has 1 aliphatic heterocycles. The maximum absolute atomic E-state index is 5.61. The SMILES string of the molecule is ClCc1nnc(Nc2ccc(N3CCCC3)cc2)o1. The number of benzene rings is 1. The summed E-state index contributed by atoms with van der Waals surface area (Å²) in [4.78, 5) is 2.39. The van der Waals surface area contributed by atoms with Gasteiger partial charge in [0.2, 0.25) is 5.89 Å². The lowest BCUT2D eigenvalue weighted by Gasteiger charge is -2.17. The average molecular weight is 279 g/mol. The fourth-order valence-corrected chi connectivity index (χ4v) is 2.32. The highest BCUT2D eigenvalue weighted by Gasteiger charge is 2.12. The molecule has 2 heterocycles. The van der Waals surface area contributed by atoms with E-state index in [9.17, 15) is 0 Å². The smallest absolute Gasteiger partial charge is 0.320 e. The minimum absolute atomic E-state index is 0.225. The lowest BCUT2D eigenvalue weighted by molar-refractivity contribution is 0.530. The average Bonchev–Trinajstić information content (AvgIpc) is 3.10. The topological polar surface area (TPSA) is 54.2 Å². The van der Waals surface area contributed by atoms with Gasteiger partial charge in [-0.25, -0.2) is 0 Å². The van der Waals surface area contributed by atoms with Crippen molar-refractivity contribution < 1.29 is 4.42 Å². The van der Waals surface area contributed by atoms with Crippen LogP contribution in [0, 0.1) is 0 Å². The van der Waals surface area contributed by atoms with E-state index in [1.54, 1.807) is 0 Å². The summed E-state index contributed by atoms with van der Waals surface area (Å²) in [5.74, 6) is 0.639. The molecule has 0 saturated carbocycles. The number of anilines is 3. The Hall–Kier alpha value is -1.75. The minimum Gasteiger partial charge on any atom is -0.407 e. The number of hydrogen-bond donors (Lipinski definition) is 1. The summed E-state index contributed by atoms with van der Waals surface area (Å²) in [5, 5.41) is 10.7. The summed E-state index contributed by atoms with van der Waals surface area (Å²) in [6.45, 7) is 2.30. The third-order valence-electron chi connectivity index (χ3n) is 3.17. The second-order valence-electron chi connectivity index (χ2n) is 4.50. The molecule has 0 radical (unpaired) electrons. The van der Waals surface area contributed by atoms with Crippen molar-refractivity contribution >= 4 is 29.0 Å². The predicted octanol–water partition coefficient (Wildman–Crippen LogP) is 3.15. The fraction of sp³-hybridized carbons (Fsp3) is 0.385. The van der Waals surface area contributed by atoms with Crippen LogP contribution in [0.2, 0.25) is 0 Å². The van der Waals surface area contributed by atoms with E-state index in [-0.39, 0.29) is 5.88 Å². The number of halogens is 1. The normalized spacial score (nSPS) is 14.9. The number of aromatic nitrogens is 2. The Labute approximate surface area is 116 Å². The number of hydrogen-bond acceptors (Lipinski definition) is 5. The first-order chi connectivity index (χ1) is 9.35. The van der Waals surface area contributed by atoms with Crippen LogP contribution in [0.5, 0.6) is 0 Å². The number of rotatable bonds is 4. The van der Waals surface area contributed by atoms with Gasteiger partial charge in [-0.05, 0) is 37.1 Å². The molecule has 5 nitrogen and oxygen atoms in total. The molecule has 1 aromatic heterocycles. The largest absolute Gasteiger partial charge is 0.407 e.